The Kier molecular flexibility index (Phi) is 3.31. The second-order valence-corrected chi connectivity index (χ2v) is 4.62. The van der Waals surface area contributed by atoms with Crippen LogP contribution in [0.1, 0.15) is 6.92 Å². The average Bonchev–Trinajstić information content (AvgIpc) is 2.94. The zero-order valence-corrected chi connectivity index (χ0v) is 11.8. The summed E-state index contributed by atoms with van der Waals surface area (Å²) in [6, 6.07) is 7.28. The van der Waals surface area contributed by atoms with Crippen molar-refractivity contribution in [1.29, 1.82) is 0 Å². The van der Waals surface area contributed by atoms with Gasteiger partial charge < -0.3 is 15.4 Å². The van der Waals surface area contributed by atoms with Crippen LogP contribution in [0.2, 0.25) is 0 Å². The molecule has 7 nitrogen and oxygen atoms in total. The molecule has 0 spiro atoms. The Morgan fingerprint density at radius 1 is 1.43 bits per heavy atom. The SMILES string of the molecule is COc1ccccc1NC(=O)C1=C(C)Nc2ncnn2C1. The van der Waals surface area contributed by atoms with Gasteiger partial charge in [-0.3, -0.25) is 4.79 Å². The first-order valence-electron chi connectivity index (χ1n) is 6.48. The Morgan fingerprint density at radius 2 is 2.24 bits per heavy atom. The zero-order valence-electron chi connectivity index (χ0n) is 11.8. The Hall–Kier alpha value is -2.83. The second kappa shape index (κ2) is 5.28. The third-order valence-electron chi connectivity index (χ3n) is 3.30. The Morgan fingerprint density at radius 3 is 3.05 bits per heavy atom. The fraction of sp³-hybridized carbons (Fsp3) is 0.214. The molecular formula is C14H15N5O2. The first-order chi connectivity index (χ1) is 10.2. The van der Waals surface area contributed by atoms with E-state index in [4.69, 9.17) is 4.74 Å². The highest BCUT2D eigenvalue weighted by Crippen LogP contribution is 2.25. The van der Waals surface area contributed by atoms with E-state index in [2.05, 4.69) is 20.7 Å². The summed E-state index contributed by atoms with van der Waals surface area (Å²) in [5, 5.41) is 9.99. The molecule has 21 heavy (non-hydrogen) atoms. The Bertz CT molecular complexity index is 720. The van der Waals surface area contributed by atoms with Crippen molar-refractivity contribution < 1.29 is 9.53 Å². The van der Waals surface area contributed by atoms with E-state index in [1.807, 2.05) is 19.1 Å². The third kappa shape index (κ3) is 2.45. The van der Waals surface area contributed by atoms with Crippen LogP contribution in [-0.2, 0) is 11.3 Å². The van der Waals surface area contributed by atoms with E-state index in [9.17, 15) is 4.79 Å². The Balaban J connectivity index is 1.82. The van der Waals surface area contributed by atoms with Gasteiger partial charge in [0.15, 0.2) is 0 Å². The number of para-hydroxylation sites is 2. The molecule has 2 heterocycles. The van der Waals surface area contributed by atoms with Crippen LogP contribution in [0.5, 0.6) is 5.75 Å². The van der Waals surface area contributed by atoms with E-state index in [1.165, 1.54) is 6.33 Å². The number of hydrogen-bond acceptors (Lipinski definition) is 5. The van der Waals surface area contributed by atoms with Crippen LogP contribution in [-0.4, -0.2) is 27.8 Å². The minimum atomic E-state index is -0.189. The molecule has 0 saturated heterocycles. The summed E-state index contributed by atoms with van der Waals surface area (Å²) in [6.07, 6.45) is 1.46. The summed E-state index contributed by atoms with van der Waals surface area (Å²) >= 11 is 0. The number of nitrogens with one attached hydrogen (secondary N) is 2. The van der Waals surface area contributed by atoms with Gasteiger partial charge >= 0.3 is 0 Å². The highest BCUT2D eigenvalue weighted by Gasteiger charge is 2.22. The summed E-state index contributed by atoms with van der Waals surface area (Å²) in [5.41, 5.74) is 2.01. The maximum Gasteiger partial charge on any atom is 0.255 e. The number of hydrogen-bond donors (Lipinski definition) is 2. The van der Waals surface area contributed by atoms with Crippen molar-refractivity contribution in [3.8, 4) is 5.75 Å². The number of ether oxygens (including phenoxy) is 1. The number of carbonyl (C=O) groups is 1. The van der Waals surface area contributed by atoms with Gasteiger partial charge in [-0.05, 0) is 19.1 Å². The molecule has 0 fully saturated rings. The van der Waals surface area contributed by atoms with Crippen LogP contribution in [0, 0.1) is 0 Å². The predicted molar refractivity (Wildman–Crippen MR) is 78.0 cm³/mol. The smallest absolute Gasteiger partial charge is 0.255 e. The molecule has 0 saturated carbocycles. The van der Waals surface area contributed by atoms with Crippen LogP contribution < -0.4 is 15.4 Å². The van der Waals surface area contributed by atoms with E-state index in [1.54, 1.807) is 23.9 Å². The summed E-state index contributed by atoms with van der Waals surface area (Å²) in [4.78, 5) is 16.5. The van der Waals surface area contributed by atoms with Crippen LogP contribution in [0.3, 0.4) is 0 Å². The van der Waals surface area contributed by atoms with Crippen LogP contribution in [0.4, 0.5) is 11.6 Å². The van der Waals surface area contributed by atoms with Gasteiger partial charge in [0.05, 0.1) is 24.9 Å². The Labute approximate surface area is 121 Å². The van der Waals surface area contributed by atoms with Crippen molar-refractivity contribution in [2.75, 3.05) is 17.7 Å². The van der Waals surface area contributed by atoms with Crippen molar-refractivity contribution in [1.82, 2.24) is 14.8 Å². The topological polar surface area (TPSA) is 81.1 Å². The summed E-state index contributed by atoms with van der Waals surface area (Å²) in [5.74, 6) is 1.07. The molecule has 7 heteroatoms. The third-order valence-corrected chi connectivity index (χ3v) is 3.30. The molecule has 1 aliphatic heterocycles. The zero-order chi connectivity index (χ0) is 14.8. The van der Waals surface area contributed by atoms with Gasteiger partial charge in [0, 0.05) is 5.70 Å². The molecule has 0 radical (unpaired) electrons. The standard InChI is InChI=1S/C14H15N5O2/c1-9-10(7-19-14(17-9)15-8-16-19)13(20)18-11-5-3-4-6-12(11)21-2/h3-6,8H,7H2,1-2H3,(H,18,20)(H,15,16,17). The minimum Gasteiger partial charge on any atom is -0.495 e. The van der Waals surface area contributed by atoms with Gasteiger partial charge in [-0.2, -0.15) is 10.1 Å². The molecule has 0 bridgehead atoms. The number of fused-ring (bicyclic) bond motifs is 1. The summed E-state index contributed by atoms with van der Waals surface area (Å²) in [7, 11) is 1.57. The quantitative estimate of drug-likeness (QED) is 0.895. The van der Waals surface area contributed by atoms with Crippen molar-refractivity contribution in [3.63, 3.8) is 0 Å². The maximum absolute atomic E-state index is 12.5. The lowest BCUT2D eigenvalue weighted by atomic mass is 10.1. The molecule has 1 amide bonds. The van der Waals surface area contributed by atoms with Gasteiger partial charge in [-0.25, -0.2) is 4.68 Å². The summed E-state index contributed by atoms with van der Waals surface area (Å²) in [6.45, 7) is 2.23. The van der Waals surface area contributed by atoms with Crippen molar-refractivity contribution in [2.24, 2.45) is 0 Å². The first kappa shape index (κ1) is 13.2. The van der Waals surface area contributed by atoms with E-state index in [-0.39, 0.29) is 5.91 Å². The number of aromatic nitrogens is 3. The normalized spacial score (nSPS) is 13.4. The number of benzene rings is 1. The number of rotatable bonds is 3. The lowest BCUT2D eigenvalue weighted by Crippen LogP contribution is -2.26. The van der Waals surface area contributed by atoms with Crippen LogP contribution in [0.25, 0.3) is 0 Å². The highest BCUT2D eigenvalue weighted by molar-refractivity contribution is 6.05. The highest BCUT2D eigenvalue weighted by atomic mass is 16.5. The molecule has 0 unspecified atom stereocenters. The summed E-state index contributed by atoms with van der Waals surface area (Å²) < 4.78 is 6.87. The minimum absolute atomic E-state index is 0.189. The number of anilines is 2. The van der Waals surface area contributed by atoms with E-state index in [0.29, 0.717) is 29.5 Å². The van der Waals surface area contributed by atoms with Gasteiger partial charge in [-0.15, -0.1) is 0 Å². The van der Waals surface area contributed by atoms with Gasteiger partial charge in [0.1, 0.15) is 12.1 Å². The van der Waals surface area contributed by atoms with Gasteiger partial charge in [-0.1, -0.05) is 12.1 Å². The predicted octanol–water partition coefficient (Wildman–Crippen LogP) is 1.62. The lowest BCUT2D eigenvalue weighted by Gasteiger charge is -2.20. The van der Waals surface area contributed by atoms with E-state index in [0.717, 1.165) is 5.70 Å². The fourth-order valence-electron chi connectivity index (χ4n) is 2.18. The molecule has 0 aliphatic carbocycles. The van der Waals surface area contributed by atoms with Crippen molar-refractivity contribution in [3.05, 3.63) is 41.9 Å². The fourth-order valence-corrected chi connectivity index (χ4v) is 2.18. The van der Waals surface area contributed by atoms with E-state index < -0.39 is 0 Å². The number of amides is 1. The molecular weight excluding hydrogens is 270 g/mol. The van der Waals surface area contributed by atoms with E-state index >= 15 is 0 Å². The first-order valence-corrected chi connectivity index (χ1v) is 6.48. The molecule has 2 N–H and O–H groups in total. The molecule has 1 aromatic heterocycles. The van der Waals surface area contributed by atoms with Crippen molar-refractivity contribution >= 4 is 17.5 Å². The monoisotopic (exact) mass is 285 g/mol. The van der Waals surface area contributed by atoms with Crippen molar-refractivity contribution in [2.45, 2.75) is 13.5 Å². The maximum atomic E-state index is 12.5. The average molecular weight is 285 g/mol. The van der Waals surface area contributed by atoms with Gasteiger partial charge in [0.25, 0.3) is 5.91 Å². The second-order valence-electron chi connectivity index (χ2n) is 4.62. The molecule has 108 valence electrons. The number of methoxy groups -OCH3 is 1. The van der Waals surface area contributed by atoms with Gasteiger partial charge in [0.2, 0.25) is 5.95 Å². The largest absolute Gasteiger partial charge is 0.495 e. The van der Waals surface area contributed by atoms with Crippen LogP contribution >= 0.6 is 0 Å². The number of carbonyl (C=O) groups excluding carboxylic acids is 1. The lowest BCUT2D eigenvalue weighted by molar-refractivity contribution is -0.113. The molecule has 1 aliphatic rings. The molecule has 0 atom stereocenters. The molecule has 3 rings (SSSR count). The van der Waals surface area contributed by atoms with Crippen LogP contribution in [0.15, 0.2) is 41.9 Å². The molecule has 2 aromatic rings. The number of nitrogens with zero attached hydrogens (tertiary/aromatic N) is 3. The molecule has 1 aromatic carbocycles. The number of allylic oxidation sites excluding steroid dienone is 1.